The van der Waals surface area contributed by atoms with E-state index in [0.717, 1.165) is 33.0 Å². The molecule has 0 radical (unpaired) electrons. The smallest absolute Gasteiger partial charge is 0.326 e. The van der Waals surface area contributed by atoms with Crippen LogP contribution in [0.1, 0.15) is 91.4 Å². The molecule has 5 rings (SSSR count). The van der Waals surface area contributed by atoms with Gasteiger partial charge in [0.2, 0.25) is 0 Å². The zero-order chi connectivity index (χ0) is 30.6. The number of benzene rings is 2. The van der Waals surface area contributed by atoms with Crippen molar-refractivity contribution < 1.29 is 14.7 Å². The number of aliphatic carboxylic acids is 1. The van der Waals surface area contributed by atoms with Crippen molar-refractivity contribution in [3.05, 3.63) is 93.9 Å². The molecule has 0 aliphatic heterocycles. The molecule has 2 N–H and O–H groups in total. The van der Waals surface area contributed by atoms with E-state index >= 15 is 0 Å². The number of carbonyl (C=O) groups excluding carboxylic acids is 1. The minimum atomic E-state index is -1.07. The summed E-state index contributed by atoms with van der Waals surface area (Å²) in [5.74, 6) is 0.737. The average Bonchev–Trinajstić information content (AvgIpc) is 3.53. The Balaban J connectivity index is 1.19. The quantitative estimate of drug-likeness (QED) is 0.203. The number of rotatable bonds is 9. The number of carboxylic acid groups (broad SMARTS) is 1. The summed E-state index contributed by atoms with van der Waals surface area (Å²) in [5, 5.41) is 12.5. The van der Waals surface area contributed by atoms with Gasteiger partial charge in [-0.3, -0.25) is 4.79 Å². The van der Waals surface area contributed by atoms with Gasteiger partial charge in [0, 0.05) is 34.8 Å². The molecule has 2 aromatic carbocycles. The van der Waals surface area contributed by atoms with Crippen LogP contribution in [0, 0.1) is 5.92 Å². The molecule has 0 unspecified atom stereocenters. The molecule has 1 amide bonds. The summed E-state index contributed by atoms with van der Waals surface area (Å²) < 4.78 is 0. The van der Waals surface area contributed by atoms with E-state index in [2.05, 4.69) is 67.2 Å². The number of hydrogen-bond acceptors (Lipinski definition) is 5. The second-order valence-electron chi connectivity index (χ2n) is 12.7. The summed E-state index contributed by atoms with van der Waals surface area (Å²) in [5.41, 5.74) is 5.09. The molecule has 2 aromatic heterocycles. The number of carbonyl (C=O) groups is 2. The molecule has 1 aliphatic rings. The summed E-state index contributed by atoms with van der Waals surface area (Å²) in [6.07, 6.45) is 10.4. The van der Waals surface area contributed by atoms with E-state index in [1.807, 2.05) is 42.7 Å². The lowest BCUT2D eigenvalue weighted by Crippen LogP contribution is -2.42. The Morgan fingerprint density at radius 1 is 0.884 bits per heavy atom. The van der Waals surface area contributed by atoms with Gasteiger partial charge < -0.3 is 10.4 Å². The van der Waals surface area contributed by atoms with Crippen molar-refractivity contribution in [1.82, 2.24) is 15.3 Å². The van der Waals surface area contributed by atoms with Crippen LogP contribution >= 0.6 is 11.3 Å². The first-order valence-corrected chi connectivity index (χ1v) is 16.1. The van der Waals surface area contributed by atoms with Crippen LogP contribution in [0.2, 0.25) is 0 Å². The van der Waals surface area contributed by atoms with E-state index in [4.69, 9.17) is 0 Å². The van der Waals surface area contributed by atoms with Gasteiger partial charge in [0.1, 0.15) is 6.04 Å². The summed E-state index contributed by atoms with van der Waals surface area (Å²) in [7, 11) is 0. The number of nitrogens with one attached hydrogen (secondary N) is 1. The van der Waals surface area contributed by atoms with Crippen molar-refractivity contribution in [2.45, 2.75) is 83.6 Å². The molecule has 224 valence electrons. The molecule has 0 bridgehead atoms. The third-order valence-electron chi connectivity index (χ3n) is 8.62. The van der Waals surface area contributed by atoms with Crippen molar-refractivity contribution >= 4 is 23.2 Å². The summed E-state index contributed by atoms with van der Waals surface area (Å²) in [4.78, 5) is 35.6. The van der Waals surface area contributed by atoms with E-state index in [9.17, 15) is 14.7 Å². The number of hydrogen-bond donors (Lipinski definition) is 2. The normalized spacial score (nSPS) is 17.8. The largest absolute Gasteiger partial charge is 0.480 e. The average molecular weight is 596 g/mol. The van der Waals surface area contributed by atoms with E-state index in [1.165, 1.54) is 49.0 Å². The Morgan fingerprint density at radius 2 is 1.51 bits per heavy atom. The second kappa shape index (κ2) is 13.2. The van der Waals surface area contributed by atoms with Crippen molar-refractivity contribution in [2.24, 2.45) is 5.92 Å². The Hall–Kier alpha value is -3.84. The predicted molar refractivity (Wildman–Crippen MR) is 174 cm³/mol. The number of nitrogens with zero attached hydrogens (tertiary/aromatic N) is 2. The van der Waals surface area contributed by atoms with E-state index in [0.29, 0.717) is 16.6 Å². The Labute approximate surface area is 258 Å². The zero-order valence-corrected chi connectivity index (χ0v) is 26.3. The molecular formula is C36H41N3O3S. The third-order valence-corrected chi connectivity index (χ3v) is 10.1. The standard InChI is InChI=1S/C36H41N3O3S/c1-5-23-6-10-25(11-7-23)26-14-16-27(17-15-26)29-21-37-33(38-22-29)28-12-8-24(9-13-28)20-30(35(41)42)39-34(40)31-18-19-32(43-31)36(2,3)4/h8-9,12-19,21-23,25,30H,5-7,10-11,20H2,1-4H3,(H,39,40)(H,41,42)/t23-,25-,30-/m1/s1. The molecule has 1 aliphatic carbocycles. The van der Waals surface area contributed by atoms with Gasteiger partial charge in [0.15, 0.2) is 5.82 Å². The fraction of sp³-hybridized carbons (Fsp3) is 0.389. The number of carboxylic acids is 1. The lowest BCUT2D eigenvalue weighted by atomic mass is 9.78. The van der Waals surface area contributed by atoms with Crippen LogP contribution in [0.4, 0.5) is 0 Å². The van der Waals surface area contributed by atoms with E-state index in [-0.39, 0.29) is 17.7 Å². The van der Waals surface area contributed by atoms with Gasteiger partial charge in [0.05, 0.1) is 4.88 Å². The molecule has 1 fully saturated rings. The van der Waals surface area contributed by atoms with Crippen LogP contribution in [0.15, 0.2) is 73.1 Å². The second-order valence-corrected chi connectivity index (χ2v) is 13.8. The highest BCUT2D eigenvalue weighted by molar-refractivity contribution is 7.14. The monoisotopic (exact) mass is 595 g/mol. The number of amides is 1. The first kappa shape index (κ1) is 30.6. The summed E-state index contributed by atoms with van der Waals surface area (Å²) in [6, 6.07) is 19.0. The molecule has 1 saturated carbocycles. The van der Waals surface area contributed by atoms with Gasteiger partial charge in [-0.25, -0.2) is 14.8 Å². The zero-order valence-electron chi connectivity index (χ0n) is 25.5. The molecular weight excluding hydrogens is 554 g/mol. The van der Waals surface area contributed by atoms with Crippen molar-refractivity contribution in [3.63, 3.8) is 0 Å². The molecule has 4 aromatic rings. The van der Waals surface area contributed by atoms with E-state index in [1.54, 1.807) is 6.07 Å². The highest BCUT2D eigenvalue weighted by Crippen LogP contribution is 2.37. The van der Waals surface area contributed by atoms with Crippen LogP contribution in [0.3, 0.4) is 0 Å². The van der Waals surface area contributed by atoms with Gasteiger partial charge >= 0.3 is 5.97 Å². The maximum atomic E-state index is 12.8. The maximum Gasteiger partial charge on any atom is 0.326 e. The number of aromatic nitrogens is 2. The highest BCUT2D eigenvalue weighted by Gasteiger charge is 2.24. The molecule has 0 spiro atoms. The highest BCUT2D eigenvalue weighted by atomic mass is 32.1. The lowest BCUT2D eigenvalue weighted by molar-refractivity contribution is -0.139. The topological polar surface area (TPSA) is 92.2 Å². The summed E-state index contributed by atoms with van der Waals surface area (Å²) >= 11 is 1.40. The van der Waals surface area contributed by atoms with Crippen LogP contribution in [0.5, 0.6) is 0 Å². The van der Waals surface area contributed by atoms with Crippen LogP contribution in [0.25, 0.3) is 22.5 Å². The van der Waals surface area contributed by atoms with Gasteiger partial charge in [0.25, 0.3) is 5.91 Å². The Morgan fingerprint density at radius 3 is 2.07 bits per heavy atom. The molecule has 0 saturated heterocycles. The van der Waals surface area contributed by atoms with E-state index < -0.39 is 12.0 Å². The molecule has 1 atom stereocenters. The fourth-order valence-electron chi connectivity index (χ4n) is 5.80. The maximum absolute atomic E-state index is 12.8. The minimum Gasteiger partial charge on any atom is -0.480 e. The first-order valence-electron chi connectivity index (χ1n) is 15.3. The molecule has 7 heteroatoms. The number of thiophene rings is 1. The Kier molecular flexibility index (Phi) is 9.40. The Bertz CT molecular complexity index is 1530. The van der Waals surface area contributed by atoms with Crippen molar-refractivity contribution in [2.75, 3.05) is 0 Å². The van der Waals surface area contributed by atoms with Crippen molar-refractivity contribution in [3.8, 4) is 22.5 Å². The van der Waals surface area contributed by atoms with Crippen LogP contribution < -0.4 is 5.32 Å². The summed E-state index contributed by atoms with van der Waals surface area (Å²) in [6.45, 7) is 8.55. The molecule has 6 nitrogen and oxygen atoms in total. The van der Waals surface area contributed by atoms with Crippen LogP contribution in [-0.4, -0.2) is 33.0 Å². The predicted octanol–water partition coefficient (Wildman–Crippen LogP) is 8.28. The third kappa shape index (κ3) is 7.57. The lowest BCUT2D eigenvalue weighted by Gasteiger charge is -2.28. The van der Waals surface area contributed by atoms with Gasteiger partial charge in [-0.2, -0.15) is 0 Å². The van der Waals surface area contributed by atoms with Crippen LogP contribution in [-0.2, 0) is 16.6 Å². The molecule has 2 heterocycles. The van der Waals surface area contributed by atoms with Gasteiger partial charge in [-0.15, -0.1) is 11.3 Å². The van der Waals surface area contributed by atoms with Gasteiger partial charge in [-0.1, -0.05) is 82.6 Å². The minimum absolute atomic E-state index is 0.0697. The van der Waals surface area contributed by atoms with Crippen molar-refractivity contribution in [1.29, 1.82) is 0 Å². The first-order chi connectivity index (χ1) is 20.6. The SMILES string of the molecule is CC[C@H]1CC[C@H](c2ccc(-c3cnc(-c4ccc(C[C@@H](NC(=O)c5ccc(C(C)(C)C)s5)C(=O)O)cc4)nc3)cc2)CC1. The van der Waals surface area contributed by atoms with Gasteiger partial charge in [-0.05, 0) is 71.8 Å². The molecule has 43 heavy (non-hydrogen) atoms. The fourth-order valence-corrected chi connectivity index (χ4v) is 6.76.